The highest BCUT2D eigenvalue weighted by atomic mass is 35.5. The molecule has 3 aliphatic rings. The minimum atomic E-state index is -0.0505. The number of carbonyl (C=O) groups is 1. The van der Waals surface area contributed by atoms with Gasteiger partial charge in [0, 0.05) is 23.4 Å². The van der Waals surface area contributed by atoms with Gasteiger partial charge in [-0.3, -0.25) is 14.6 Å². The molecule has 0 bridgehead atoms. The Morgan fingerprint density at radius 1 is 1.05 bits per heavy atom. The quantitative estimate of drug-likeness (QED) is 0.731. The van der Waals surface area contributed by atoms with Crippen molar-refractivity contribution in [1.29, 1.82) is 0 Å². The van der Waals surface area contributed by atoms with Crippen molar-refractivity contribution in [3.8, 4) is 0 Å². The molecule has 0 spiro atoms. The van der Waals surface area contributed by atoms with Gasteiger partial charge in [-0.05, 0) is 46.1 Å². The molecule has 3 nitrogen and oxygen atoms in total. The van der Waals surface area contributed by atoms with E-state index >= 15 is 0 Å². The molecule has 1 heterocycles. The summed E-state index contributed by atoms with van der Waals surface area (Å²) in [5, 5.41) is -0.0178. The number of hydrogen-bond acceptors (Lipinski definition) is 3. The van der Waals surface area contributed by atoms with E-state index in [9.17, 15) is 4.79 Å². The number of ketones is 1. The number of carbonyl (C=O) groups excluding carboxylic acids is 1. The summed E-state index contributed by atoms with van der Waals surface area (Å²) in [6, 6.07) is 1.20. The third kappa shape index (κ3) is 3.19. The highest BCUT2D eigenvalue weighted by Crippen LogP contribution is 2.37. The maximum absolute atomic E-state index is 12.8. The van der Waals surface area contributed by atoms with Crippen molar-refractivity contribution in [2.75, 3.05) is 13.6 Å². The van der Waals surface area contributed by atoms with Gasteiger partial charge in [-0.25, -0.2) is 0 Å². The molecule has 3 rings (SSSR count). The van der Waals surface area contributed by atoms with Crippen molar-refractivity contribution < 1.29 is 4.79 Å². The summed E-state index contributed by atoms with van der Waals surface area (Å²) in [6.07, 6.45) is 8.03. The monoisotopic (exact) mass is 346 g/mol. The first-order valence-corrected chi connectivity index (χ1v) is 9.65. The Bertz CT molecular complexity index is 419. The lowest BCUT2D eigenvalue weighted by Gasteiger charge is -2.34. The molecule has 2 saturated carbocycles. The van der Waals surface area contributed by atoms with Crippen LogP contribution in [0.3, 0.4) is 0 Å². The van der Waals surface area contributed by atoms with Crippen LogP contribution in [0.1, 0.15) is 51.9 Å². The Hall–Kier alpha value is 0.170. The van der Waals surface area contributed by atoms with Crippen LogP contribution < -0.4 is 0 Å². The topological polar surface area (TPSA) is 23.6 Å². The SMILES string of the molecule is CC1N(C)C2CCCCC2N1CC(=O)C1CCC(Cl)C(Cl)C1. The van der Waals surface area contributed by atoms with Crippen molar-refractivity contribution in [1.82, 2.24) is 9.80 Å². The van der Waals surface area contributed by atoms with E-state index in [1.165, 1.54) is 25.7 Å². The molecule has 5 heteroatoms. The van der Waals surface area contributed by atoms with Gasteiger partial charge in [-0.2, -0.15) is 0 Å². The molecule has 0 aromatic rings. The van der Waals surface area contributed by atoms with E-state index in [2.05, 4.69) is 23.8 Å². The van der Waals surface area contributed by atoms with Crippen molar-refractivity contribution in [2.24, 2.45) is 5.92 Å². The number of alkyl halides is 2. The zero-order valence-electron chi connectivity index (χ0n) is 13.7. The van der Waals surface area contributed by atoms with Crippen LogP contribution in [-0.2, 0) is 4.79 Å². The van der Waals surface area contributed by atoms with E-state index in [1.807, 2.05) is 0 Å². The normalized spacial score (nSPS) is 44.0. The summed E-state index contributed by atoms with van der Waals surface area (Å²) in [7, 11) is 2.21. The van der Waals surface area contributed by atoms with E-state index in [0.29, 0.717) is 30.6 Å². The fraction of sp³-hybridized carbons (Fsp3) is 0.941. The number of hydrogen-bond donors (Lipinski definition) is 0. The molecule has 22 heavy (non-hydrogen) atoms. The molecule has 1 saturated heterocycles. The summed E-state index contributed by atoms with van der Waals surface area (Å²) in [5.41, 5.74) is 0. The zero-order chi connectivity index (χ0) is 15.9. The van der Waals surface area contributed by atoms with E-state index in [-0.39, 0.29) is 16.7 Å². The minimum Gasteiger partial charge on any atom is -0.298 e. The fourth-order valence-electron chi connectivity index (χ4n) is 4.67. The lowest BCUT2D eigenvalue weighted by atomic mass is 9.85. The van der Waals surface area contributed by atoms with Crippen LogP contribution >= 0.6 is 23.2 Å². The minimum absolute atomic E-state index is 0.0327. The van der Waals surface area contributed by atoms with Crippen LogP contribution in [0.5, 0.6) is 0 Å². The summed E-state index contributed by atoms with van der Waals surface area (Å²) in [4.78, 5) is 17.7. The Morgan fingerprint density at radius 3 is 2.41 bits per heavy atom. The van der Waals surface area contributed by atoms with E-state index < -0.39 is 0 Å². The van der Waals surface area contributed by atoms with Crippen molar-refractivity contribution in [2.45, 2.75) is 80.9 Å². The molecule has 0 N–H and O–H groups in total. The number of rotatable bonds is 3. The first-order chi connectivity index (χ1) is 10.5. The van der Waals surface area contributed by atoms with Gasteiger partial charge >= 0.3 is 0 Å². The van der Waals surface area contributed by atoms with Crippen molar-refractivity contribution in [3.05, 3.63) is 0 Å². The Balaban J connectivity index is 1.63. The maximum atomic E-state index is 12.8. The second-order valence-electron chi connectivity index (χ2n) is 7.40. The molecule has 1 aliphatic heterocycles. The lowest BCUT2D eigenvalue weighted by Crippen LogP contribution is -2.44. The number of nitrogens with zero attached hydrogens (tertiary/aromatic N) is 2. The van der Waals surface area contributed by atoms with Crippen molar-refractivity contribution >= 4 is 29.0 Å². The van der Waals surface area contributed by atoms with Crippen LogP contribution in [0.15, 0.2) is 0 Å². The highest BCUT2D eigenvalue weighted by Gasteiger charge is 2.45. The molecule has 0 aromatic heterocycles. The number of Topliss-reactive ketones (excluding diaryl/α,β-unsaturated/α-hetero) is 1. The summed E-state index contributed by atoms with van der Waals surface area (Å²) in [6.45, 7) is 2.83. The molecule has 0 radical (unpaired) electrons. The van der Waals surface area contributed by atoms with Crippen LogP contribution in [0.25, 0.3) is 0 Å². The van der Waals surface area contributed by atoms with Gasteiger partial charge in [-0.1, -0.05) is 12.8 Å². The molecular formula is C17H28Cl2N2O. The number of halogens is 2. The number of fused-ring (bicyclic) bond motifs is 1. The van der Waals surface area contributed by atoms with Crippen LogP contribution in [0, 0.1) is 5.92 Å². The predicted octanol–water partition coefficient (Wildman–Crippen LogP) is 3.48. The molecule has 6 atom stereocenters. The van der Waals surface area contributed by atoms with Gasteiger partial charge in [0.1, 0.15) is 5.78 Å². The molecule has 126 valence electrons. The van der Waals surface area contributed by atoms with E-state index in [1.54, 1.807) is 0 Å². The van der Waals surface area contributed by atoms with Gasteiger partial charge in [0.15, 0.2) is 0 Å². The van der Waals surface area contributed by atoms with E-state index in [4.69, 9.17) is 23.2 Å². The molecule has 0 amide bonds. The lowest BCUT2D eigenvalue weighted by molar-refractivity contribution is -0.125. The fourth-order valence-corrected chi connectivity index (χ4v) is 5.24. The van der Waals surface area contributed by atoms with Gasteiger partial charge in [-0.15, -0.1) is 23.2 Å². The van der Waals surface area contributed by atoms with E-state index in [0.717, 1.165) is 19.3 Å². The second kappa shape index (κ2) is 6.96. The summed E-state index contributed by atoms with van der Waals surface area (Å²) < 4.78 is 0. The van der Waals surface area contributed by atoms with Gasteiger partial charge in [0.2, 0.25) is 0 Å². The first-order valence-electron chi connectivity index (χ1n) is 8.77. The Morgan fingerprint density at radius 2 is 1.73 bits per heavy atom. The summed E-state index contributed by atoms with van der Waals surface area (Å²) in [5.74, 6) is 0.485. The summed E-state index contributed by atoms with van der Waals surface area (Å²) >= 11 is 12.5. The predicted molar refractivity (Wildman–Crippen MR) is 91.6 cm³/mol. The Labute approximate surface area is 144 Å². The first kappa shape index (κ1) is 17.0. The second-order valence-corrected chi connectivity index (χ2v) is 8.52. The van der Waals surface area contributed by atoms with Gasteiger partial charge in [0.05, 0.1) is 18.1 Å². The molecule has 0 aromatic carbocycles. The maximum Gasteiger partial charge on any atom is 0.150 e. The molecule has 3 fully saturated rings. The third-order valence-corrected chi connectivity index (χ3v) is 7.33. The average Bonchev–Trinajstić information content (AvgIpc) is 2.75. The molecule has 6 unspecified atom stereocenters. The third-order valence-electron chi connectivity index (χ3n) is 6.20. The zero-order valence-corrected chi connectivity index (χ0v) is 15.2. The Kier molecular flexibility index (Phi) is 5.38. The highest BCUT2D eigenvalue weighted by molar-refractivity contribution is 6.30. The van der Waals surface area contributed by atoms with Gasteiger partial charge in [0.25, 0.3) is 0 Å². The smallest absolute Gasteiger partial charge is 0.150 e. The van der Waals surface area contributed by atoms with Gasteiger partial charge < -0.3 is 0 Å². The number of likely N-dealkylation sites (N-methyl/N-ethyl adjacent to an activating group) is 1. The molecular weight excluding hydrogens is 319 g/mol. The largest absolute Gasteiger partial charge is 0.298 e. The van der Waals surface area contributed by atoms with Crippen LogP contribution in [0.2, 0.25) is 0 Å². The standard InChI is InChI=1S/C17H28Cl2N2O/c1-11-20(2)15-5-3-4-6-16(15)21(11)10-17(22)12-7-8-13(18)14(19)9-12/h11-16H,3-10H2,1-2H3. The van der Waals surface area contributed by atoms with Crippen molar-refractivity contribution in [3.63, 3.8) is 0 Å². The van der Waals surface area contributed by atoms with Crippen LogP contribution in [0.4, 0.5) is 0 Å². The molecule has 2 aliphatic carbocycles. The average molecular weight is 347 g/mol. The van der Waals surface area contributed by atoms with Crippen LogP contribution in [-0.4, -0.2) is 58.2 Å².